The first-order chi connectivity index (χ1) is 9.83. The highest BCUT2D eigenvalue weighted by molar-refractivity contribution is 8.01. The summed E-state index contributed by atoms with van der Waals surface area (Å²) in [6.45, 7) is 3.25. The average Bonchev–Trinajstić information content (AvgIpc) is 2.80. The van der Waals surface area contributed by atoms with Gasteiger partial charge >= 0.3 is 5.97 Å². The molecule has 1 aromatic heterocycles. The van der Waals surface area contributed by atoms with E-state index in [-0.39, 0.29) is 15.5 Å². The van der Waals surface area contributed by atoms with E-state index in [9.17, 15) is 13.2 Å². The summed E-state index contributed by atoms with van der Waals surface area (Å²) in [4.78, 5) is 16.5. The van der Waals surface area contributed by atoms with Gasteiger partial charge in [-0.1, -0.05) is 18.7 Å². The monoisotopic (exact) mass is 343 g/mol. The van der Waals surface area contributed by atoms with Gasteiger partial charge in [0.25, 0.3) is 0 Å². The molecule has 0 aliphatic rings. The molecule has 0 saturated heterocycles. The first-order valence-electron chi connectivity index (χ1n) is 6.05. The molecule has 0 unspecified atom stereocenters. The number of aryl methyl sites for hydroxylation is 1. The molecule has 0 radical (unpaired) electrons. The normalized spacial score (nSPS) is 11.5. The Kier molecular flexibility index (Phi) is 4.70. The van der Waals surface area contributed by atoms with E-state index in [1.165, 1.54) is 11.8 Å². The summed E-state index contributed by atoms with van der Waals surface area (Å²) in [7, 11) is -3.20. The van der Waals surface area contributed by atoms with Crippen LogP contribution in [0.1, 0.15) is 22.3 Å². The van der Waals surface area contributed by atoms with Crippen molar-refractivity contribution in [2.24, 2.45) is 0 Å². The van der Waals surface area contributed by atoms with Crippen LogP contribution in [0.2, 0.25) is 0 Å². The zero-order chi connectivity index (χ0) is 15.6. The van der Waals surface area contributed by atoms with Crippen molar-refractivity contribution in [2.45, 2.75) is 28.0 Å². The predicted molar refractivity (Wildman–Crippen MR) is 82.1 cm³/mol. The smallest absolute Gasteiger partial charge is 0.347 e. The molecule has 2 aromatic rings. The van der Waals surface area contributed by atoms with Crippen molar-refractivity contribution in [3.8, 4) is 0 Å². The third-order valence-electron chi connectivity index (χ3n) is 2.74. The number of benzene rings is 1. The van der Waals surface area contributed by atoms with E-state index < -0.39 is 15.8 Å². The highest BCUT2D eigenvalue weighted by Gasteiger charge is 2.15. The number of aromatic nitrogens is 1. The van der Waals surface area contributed by atoms with Gasteiger partial charge in [-0.3, -0.25) is 0 Å². The lowest BCUT2D eigenvalue weighted by atomic mass is 10.4. The molecule has 0 aliphatic carbocycles. The van der Waals surface area contributed by atoms with Crippen LogP contribution in [-0.4, -0.2) is 30.2 Å². The van der Waals surface area contributed by atoms with Crippen LogP contribution in [-0.2, 0) is 9.84 Å². The SMILES string of the molecule is CCS(=O)(=O)c1ccc(Sc2nc(C)c(C(=O)O)s2)cc1. The number of rotatable bonds is 5. The summed E-state index contributed by atoms with van der Waals surface area (Å²) in [6, 6.07) is 6.51. The van der Waals surface area contributed by atoms with E-state index >= 15 is 0 Å². The lowest BCUT2D eigenvalue weighted by molar-refractivity contribution is 0.0701. The topological polar surface area (TPSA) is 84.3 Å². The van der Waals surface area contributed by atoms with Crippen molar-refractivity contribution in [1.29, 1.82) is 0 Å². The van der Waals surface area contributed by atoms with Crippen LogP contribution in [0.15, 0.2) is 38.4 Å². The number of hydrogen-bond acceptors (Lipinski definition) is 6. The molecule has 0 amide bonds. The minimum absolute atomic E-state index is 0.0626. The van der Waals surface area contributed by atoms with E-state index in [1.54, 1.807) is 38.1 Å². The molecule has 0 atom stereocenters. The van der Waals surface area contributed by atoms with Crippen LogP contribution in [0, 0.1) is 6.92 Å². The first-order valence-corrected chi connectivity index (χ1v) is 9.33. The summed E-state index contributed by atoms with van der Waals surface area (Å²) >= 11 is 2.43. The van der Waals surface area contributed by atoms with E-state index in [0.717, 1.165) is 16.2 Å². The van der Waals surface area contributed by atoms with Gasteiger partial charge in [0.1, 0.15) is 4.88 Å². The maximum atomic E-state index is 11.7. The molecule has 0 aliphatic heterocycles. The molecular formula is C13H13NO4S3. The maximum absolute atomic E-state index is 11.7. The number of aromatic carboxylic acids is 1. The summed E-state index contributed by atoms with van der Waals surface area (Å²) in [5, 5.41) is 8.99. The zero-order valence-electron chi connectivity index (χ0n) is 11.4. The molecule has 0 fully saturated rings. The van der Waals surface area contributed by atoms with Crippen molar-refractivity contribution >= 4 is 38.9 Å². The van der Waals surface area contributed by atoms with E-state index in [4.69, 9.17) is 5.11 Å². The Balaban J connectivity index is 2.21. The fraction of sp³-hybridized carbons (Fsp3) is 0.231. The quantitative estimate of drug-likeness (QED) is 0.898. The highest BCUT2D eigenvalue weighted by Crippen LogP contribution is 2.33. The molecule has 0 bridgehead atoms. The number of carbonyl (C=O) groups is 1. The summed E-state index contributed by atoms with van der Waals surface area (Å²) < 4.78 is 24.0. The van der Waals surface area contributed by atoms with Crippen LogP contribution in [0.3, 0.4) is 0 Å². The van der Waals surface area contributed by atoms with Crippen LogP contribution >= 0.6 is 23.1 Å². The number of nitrogens with zero attached hydrogens (tertiary/aromatic N) is 1. The molecule has 1 heterocycles. The fourth-order valence-electron chi connectivity index (χ4n) is 1.60. The Bertz CT molecular complexity index is 763. The van der Waals surface area contributed by atoms with E-state index in [2.05, 4.69) is 4.98 Å². The van der Waals surface area contributed by atoms with Gasteiger partial charge in [-0.05, 0) is 31.2 Å². The predicted octanol–water partition coefficient (Wildman–Crippen LogP) is 3.09. The lowest BCUT2D eigenvalue weighted by Gasteiger charge is -2.02. The van der Waals surface area contributed by atoms with Gasteiger partial charge in [0, 0.05) is 4.90 Å². The molecular weight excluding hydrogens is 330 g/mol. The molecule has 112 valence electrons. The van der Waals surface area contributed by atoms with Gasteiger partial charge in [0.05, 0.1) is 16.3 Å². The molecule has 0 saturated carbocycles. The van der Waals surface area contributed by atoms with Crippen LogP contribution in [0.5, 0.6) is 0 Å². The second kappa shape index (κ2) is 6.17. The maximum Gasteiger partial charge on any atom is 0.347 e. The third kappa shape index (κ3) is 3.63. The standard InChI is InChI=1S/C13H13NO4S3/c1-3-21(17,18)10-6-4-9(5-7-10)19-13-14-8(2)11(20-13)12(15)16/h4-7H,3H2,1-2H3,(H,15,16). The summed E-state index contributed by atoms with van der Waals surface area (Å²) in [5.74, 6) is -0.922. The van der Waals surface area contributed by atoms with Gasteiger partial charge in [-0.2, -0.15) is 0 Å². The van der Waals surface area contributed by atoms with Crippen molar-refractivity contribution < 1.29 is 18.3 Å². The van der Waals surface area contributed by atoms with Gasteiger partial charge in [-0.25, -0.2) is 18.2 Å². The van der Waals surface area contributed by atoms with Crippen LogP contribution in [0.4, 0.5) is 0 Å². The lowest BCUT2D eigenvalue weighted by Crippen LogP contribution is -2.02. The van der Waals surface area contributed by atoms with Crippen molar-refractivity contribution in [3.63, 3.8) is 0 Å². The number of sulfone groups is 1. The molecule has 1 N–H and O–H groups in total. The minimum Gasteiger partial charge on any atom is -0.477 e. The zero-order valence-corrected chi connectivity index (χ0v) is 13.8. The van der Waals surface area contributed by atoms with Gasteiger partial charge < -0.3 is 5.11 Å². The molecule has 21 heavy (non-hydrogen) atoms. The molecule has 5 nitrogen and oxygen atoms in total. The van der Waals surface area contributed by atoms with Crippen molar-refractivity contribution in [2.75, 3.05) is 5.75 Å². The Morgan fingerprint density at radius 3 is 2.43 bits per heavy atom. The minimum atomic E-state index is -3.20. The number of carboxylic acids is 1. The largest absolute Gasteiger partial charge is 0.477 e. The van der Waals surface area contributed by atoms with Crippen molar-refractivity contribution in [3.05, 3.63) is 34.8 Å². The Hall–Kier alpha value is -1.38. The van der Waals surface area contributed by atoms with E-state index in [0.29, 0.717) is 10.0 Å². The number of carboxylic acid groups (broad SMARTS) is 1. The van der Waals surface area contributed by atoms with Crippen LogP contribution in [0.25, 0.3) is 0 Å². The molecule has 8 heteroatoms. The van der Waals surface area contributed by atoms with Gasteiger partial charge in [0.15, 0.2) is 14.2 Å². The van der Waals surface area contributed by atoms with Gasteiger partial charge in [-0.15, -0.1) is 11.3 Å². The second-order valence-corrected chi connectivity index (χ2v) is 8.77. The second-order valence-electron chi connectivity index (χ2n) is 4.18. The Morgan fingerprint density at radius 2 is 1.95 bits per heavy atom. The molecule has 1 aromatic carbocycles. The molecule has 0 spiro atoms. The van der Waals surface area contributed by atoms with Crippen molar-refractivity contribution in [1.82, 2.24) is 4.98 Å². The fourth-order valence-corrected chi connectivity index (χ4v) is 4.48. The van der Waals surface area contributed by atoms with Gasteiger partial charge in [0.2, 0.25) is 0 Å². The summed E-state index contributed by atoms with van der Waals surface area (Å²) in [6.07, 6.45) is 0. The average molecular weight is 343 g/mol. The first kappa shape index (κ1) is 16.0. The highest BCUT2D eigenvalue weighted by atomic mass is 32.2. The Morgan fingerprint density at radius 1 is 1.33 bits per heavy atom. The molecule has 2 rings (SSSR count). The van der Waals surface area contributed by atoms with E-state index in [1.807, 2.05) is 0 Å². The van der Waals surface area contributed by atoms with Crippen LogP contribution < -0.4 is 0 Å². The number of hydrogen-bond donors (Lipinski definition) is 1. The Labute approximate surface area is 131 Å². The third-order valence-corrected chi connectivity index (χ3v) is 6.70. The number of thiazole rings is 1. The summed E-state index contributed by atoms with van der Waals surface area (Å²) in [5.41, 5.74) is 0.486.